The first-order chi connectivity index (χ1) is 16.4. The molecular weight excluding hydrogens is 460 g/mol. The number of nitrogens with one attached hydrogen (secondary N) is 1. The molecule has 10 nitrogen and oxygen atoms in total. The molecule has 34 heavy (non-hydrogen) atoms. The van der Waals surface area contributed by atoms with Crippen molar-refractivity contribution in [3.63, 3.8) is 0 Å². The van der Waals surface area contributed by atoms with Crippen LogP contribution in [0.4, 0.5) is 11.4 Å². The van der Waals surface area contributed by atoms with E-state index in [4.69, 9.17) is 4.74 Å². The van der Waals surface area contributed by atoms with Crippen molar-refractivity contribution in [2.24, 2.45) is 5.10 Å². The number of thiophene rings is 1. The Morgan fingerprint density at radius 1 is 0.971 bits per heavy atom. The largest absolute Gasteiger partial charge is 0.489 e. The lowest BCUT2D eigenvalue weighted by Gasteiger charge is -2.06. The van der Waals surface area contributed by atoms with E-state index in [1.54, 1.807) is 48.5 Å². The number of ether oxygens (including phenoxy) is 1. The van der Waals surface area contributed by atoms with Crippen LogP contribution in [0.15, 0.2) is 77.9 Å². The van der Waals surface area contributed by atoms with Gasteiger partial charge < -0.3 is 4.74 Å². The van der Waals surface area contributed by atoms with Gasteiger partial charge in [0.1, 0.15) is 12.4 Å². The molecule has 4 rings (SSSR count). The number of nitrogens with zero attached hydrogens (tertiary/aromatic N) is 3. The van der Waals surface area contributed by atoms with Crippen LogP contribution < -0.4 is 10.2 Å². The van der Waals surface area contributed by atoms with Gasteiger partial charge in [0, 0.05) is 34.4 Å². The van der Waals surface area contributed by atoms with Crippen molar-refractivity contribution >= 4 is 44.9 Å². The Balaban J connectivity index is 1.33. The summed E-state index contributed by atoms with van der Waals surface area (Å²) >= 11 is 1.22. The highest BCUT2D eigenvalue weighted by molar-refractivity contribution is 7.20. The molecule has 0 bridgehead atoms. The molecule has 170 valence electrons. The highest BCUT2D eigenvalue weighted by atomic mass is 32.1. The normalized spacial score (nSPS) is 10.9. The van der Waals surface area contributed by atoms with Crippen LogP contribution in [0.1, 0.15) is 20.8 Å². The van der Waals surface area contributed by atoms with Crippen LogP contribution in [0.5, 0.6) is 5.75 Å². The van der Waals surface area contributed by atoms with Gasteiger partial charge >= 0.3 is 0 Å². The summed E-state index contributed by atoms with van der Waals surface area (Å²) in [7, 11) is 0. The van der Waals surface area contributed by atoms with Crippen molar-refractivity contribution in [2.75, 3.05) is 0 Å². The van der Waals surface area contributed by atoms with Gasteiger partial charge in [-0.15, -0.1) is 11.3 Å². The second-order valence-electron chi connectivity index (χ2n) is 7.07. The maximum atomic E-state index is 12.4. The molecular formula is C23H16N4O6S. The Morgan fingerprint density at radius 2 is 1.71 bits per heavy atom. The first-order valence-electron chi connectivity index (χ1n) is 9.86. The number of nitro groups is 2. The van der Waals surface area contributed by atoms with E-state index in [1.165, 1.54) is 41.8 Å². The molecule has 1 heterocycles. The number of rotatable bonds is 8. The van der Waals surface area contributed by atoms with Gasteiger partial charge in [-0.25, -0.2) is 5.43 Å². The number of carbonyl (C=O) groups is 1. The summed E-state index contributed by atoms with van der Waals surface area (Å²) in [5.41, 5.74) is 3.81. The molecule has 1 amide bonds. The summed E-state index contributed by atoms with van der Waals surface area (Å²) in [4.78, 5) is 33.6. The van der Waals surface area contributed by atoms with E-state index in [1.807, 2.05) is 0 Å². The third-order valence-electron chi connectivity index (χ3n) is 4.72. The first kappa shape index (κ1) is 22.6. The Labute approximate surface area is 196 Å². The predicted octanol–water partition coefficient (Wildman–Crippen LogP) is 5.06. The van der Waals surface area contributed by atoms with E-state index in [-0.39, 0.29) is 18.0 Å². The van der Waals surface area contributed by atoms with Crippen LogP contribution in [0.2, 0.25) is 0 Å². The number of hydrogen-bond donors (Lipinski definition) is 1. The number of fused-ring (bicyclic) bond motifs is 1. The molecule has 0 aliphatic carbocycles. The van der Waals surface area contributed by atoms with E-state index in [2.05, 4.69) is 10.5 Å². The van der Waals surface area contributed by atoms with E-state index in [0.717, 1.165) is 10.3 Å². The van der Waals surface area contributed by atoms with Gasteiger partial charge in [-0.1, -0.05) is 12.1 Å². The van der Waals surface area contributed by atoms with Crippen molar-refractivity contribution in [1.82, 2.24) is 5.43 Å². The van der Waals surface area contributed by atoms with E-state index >= 15 is 0 Å². The second kappa shape index (κ2) is 9.88. The van der Waals surface area contributed by atoms with Crippen LogP contribution in [0.3, 0.4) is 0 Å². The minimum Gasteiger partial charge on any atom is -0.489 e. The zero-order chi connectivity index (χ0) is 24.1. The molecule has 0 aliphatic heterocycles. The molecule has 0 radical (unpaired) electrons. The molecule has 4 aromatic rings. The molecule has 11 heteroatoms. The quantitative estimate of drug-likeness (QED) is 0.214. The summed E-state index contributed by atoms with van der Waals surface area (Å²) in [6.07, 6.45) is 1.47. The molecule has 0 saturated carbocycles. The summed E-state index contributed by atoms with van der Waals surface area (Å²) < 4.78 is 6.42. The number of amides is 1. The summed E-state index contributed by atoms with van der Waals surface area (Å²) in [5.74, 6) is 0.157. The van der Waals surface area contributed by atoms with Crippen molar-refractivity contribution in [1.29, 1.82) is 0 Å². The summed E-state index contributed by atoms with van der Waals surface area (Å²) in [6, 6.07) is 19.2. The molecule has 0 spiro atoms. The smallest absolute Gasteiger partial charge is 0.281 e. The minimum atomic E-state index is -0.481. The highest BCUT2D eigenvalue weighted by Gasteiger charge is 2.13. The number of benzene rings is 3. The van der Waals surface area contributed by atoms with Crippen molar-refractivity contribution in [3.05, 3.63) is 109 Å². The predicted molar refractivity (Wildman–Crippen MR) is 127 cm³/mol. The zero-order valence-corrected chi connectivity index (χ0v) is 18.2. The Hall–Kier alpha value is -4.64. The monoisotopic (exact) mass is 476 g/mol. The SMILES string of the molecule is O=C(NN=Cc1ccc(OCc2cccc([N+](=O)[O-])c2)cc1)c1cc2cc([N+](=O)[O-])ccc2s1. The van der Waals surface area contributed by atoms with E-state index in [9.17, 15) is 25.0 Å². The van der Waals surface area contributed by atoms with Crippen LogP contribution in [-0.4, -0.2) is 22.0 Å². The van der Waals surface area contributed by atoms with Crippen LogP contribution in [0.25, 0.3) is 10.1 Å². The second-order valence-corrected chi connectivity index (χ2v) is 8.16. The molecule has 3 aromatic carbocycles. The molecule has 0 saturated heterocycles. The molecule has 1 N–H and O–H groups in total. The topological polar surface area (TPSA) is 137 Å². The minimum absolute atomic E-state index is 0.00617. The van der Waals surface area contributed by atoms with Gasteiger partial charge in [-0.3, -0.25) is 25.0 Å². The fraction of sp³-hybridized carbons (Fsp3) is 0.0435. The number of carbonyl (C=O) groups excluding carboxylic acids is 1. The maximum absolute atomic E-state index is 12.4. The van der Waals surface area contributed by atoms with Gasteiger partial charge in [-0.05, 0) is 47.5 Å². The third kappa shape index (κ3) is 5.40. The van der Waals surface area contributed by atoms with Crippen LogP contribution in [-0.2, 0) is 6.61 Å². The van der Waals surface area contributed by atoms with Crippen molar-refractivity contribution < 1.29 is 19.4 Å². The van der Waals surface area contributed by atoms with Crippen LogP contribution >= 0.6 is 11.3 Å². The lowest BCUT2D eigenvalue weighted by molar-refractivity contribution is -0.385. The van der Waals surface area contributed by atoms with Gasteiger partial charge in [0.05, 0.1) is 20.9 Å². The molecule has 1 aromatic heterocycles. The Kier molecular flexibility index (Phi) is 6.55. The summed E-state index contributed by atoms with van der Waals surface area (Å²) in [6.45, 7) is 0.184. The van der Waals surface area contributed by atoms with Gasteiger partial charge in [0.15, 0.2) is 0 Å². The number of non-ortho nitro benzene ring substituents is 2. The zero-order valence-electron chi connectivity index (χ0n) is 17.4. The molecule has 0 unspecified atom stereocenters. The highest BCUT2D eigenvalue weighted by Crippen LogP contribution is 2.28. The van der Waals surface area contributed by atoms with Crippen molar-refractivity contribution in [2.45, 2.75) is 6.61 Å². The summed E-state index contributed by atoms with van der Waals surface area (Å²) in [5, 5.41) is 26.3. The van der Waals surface area contributed by atoms with Gasteiger partial charge in [0.25, 0.3) is 17.3 Å². The molecule has 0 aliphatic rings. The lowest BCUT2D eigenvalue weighted by atomic mass is 10.2. The molecule has 0 fully saturated rings. The fourth-order valence-electron chi connectivity index (χ4n) is 3.05. The Morgan fingerprint density at radius 3 is 2.44 bits per heavy atom. The third-order valence-corrected chi connectivity index (χ3v) is 5.84. The average Bonchev–Trinajstić information content (AvgIpc) is 3.27. The first-order valence-corrected chi connectivity index (χ1v) is 10.7. The maximum Gasteiger partial charge on any atom is 0.281 e. The lowest BCUT2D eigenvalue weighted by Crippen LogP contribution is -2.16. The standard InChI is InChI=1S/C23H16N4O6S/c28-23(22-12-17-11-19(27(31)32)6-9-21(17)34-22)25-24-13-15-4-7-20(8-5-15)33-14-16-2-1-3-18(10-16)26(29)30/h1-13H,14H2,(H,25,28). The van der Waals surface area contributed by atoms with Crippen LogP contribution in [0, 0.1) is 20.2 Å². The Bertz CT molecular complexity index is 1410. The van der Waals surface area contributed by atoms with E-state index < -0.39 is 15.8 Å². The van der Waals surface area contributed by atoms with Gasteiger partial charge in [0.2, 0.25) is 0 Å². The number of nitro benzene ring substituents is 2. The van der Waals surface area contributed by atoms with Gasteiger partial charge in [-0.2, -0.15) is 5.10 Å². The molecule has 0 atom stereocenters. The number of hydrazone groups is 1. The number of hydrogen-bond acceptors (Lipinski definition) is 8. The average molecular weight is 476 g/mol. The van der Waals surface area contributed by atoms with Crippen molar-refractivity contribution in [3.8, 4) is 5.75 Å². The van der Waals surface area contributed by atoms with E-state index in [0.29, 0.717) is 21.6 Å². The fourth-order valence-corrected chi connectivity index (χ4v) is 3.99.